The van der Waals surface area contributed by atoms with Crippen LogP contribution in [0.2, 0.25) is 0 Å². The summed E-state index contributed by atoms with van der Waals surface area (Å²) >= 11 is 1.35. The van der Waals surface area contributed by atoms with Gasteiger partial charge < -0.3 is 10.1 Å². The summed E-state index contributed by atoms with van der Waals surface area (Å²) < 4.78 is 9.95. The highest BCUT2D eigenvalue weighted by molar-refractivity contribution is 7.09. The molecular formula is C15H14N4OS. The molecule has 0 aliphatic carbocycles. The molecule has 0 atom stereocenters. The van der Waals surface area contributed by atoms with Gasteiger partial charge in [0.15, 0.2) is 0 Å². The highest BCUT2D eigenvalue weighted by atomic mass is 32.1. The number of nitrogens with zero attached hydrogens (tertiary/aromatic N) is 3. The van der Waals surface area contributed by atoms with Gasteiger partial charge in [0.25, 0.3) is 0 Å². The van der Waals surface area contributed by atoms with E-state index in [4.69, 9.17) is 4.74 Å². The Balaban J connectivity index is 1.73. The second-order valence-corrected chi connectivity index (χ2v) is 5.04. The van der Waals surface area contributed by atoms with E-state index in [1.54, 1.807) is 6.20 Å². The summed E-state index contributed by atoms with van der Waals surface area (Å²) in [6, 6.07) is 13.2. The predicted molar refractivity (Wildman–Crippen MR) is 83.3 cm³/mol. The number of anilines is 2. The average molecular weight is 298 g/mol. The summed E-state index contributed by atoms with van der Waals surface area (Å²) in [7, 11) is 0. The van der Waals surface area contributed by atoms with Crippen LogP contribution < -0.4 is 10.1 Å². The third-order valence-corrected chi connectivity index (χ3v) is 3.40. The third-order valence-electron chi connectivity index (χ3n) is 2.73. The maximum atomic E-state index is 5.70. The van der Waals surface area contributed by atoms with Crippen LogP contribution in [0.15, 0.2) is 48.7 Å². The maximum Gasteiger partial charge on any atom is 0.219 e. The van der Waals surface area contributed by atoms with Crippen molar-refractivity contribution in [2.75, 3.05) is 5.32 Å². The standard InChI is InChI=1S/C15H14N4OS/c1-2-13-18-15(21-19-13)17-11-6-5-7-12(10-11)20-14-8-3-4-9-16-14/h3-10H,2H2,1H3,(H,17,18,19). The molecule has 3 rings (SSSR count). The lowest BCUT2D eigenvalue weighted by Crippen LogP contribution is -1.92. The highest BCUT2D eigenvalue weighted by Crippen LogP contribution is 2.25. The van der Waals surface area contributed by atoms with E-state index in [0.717, 1.165) is 28.8 Å². The molecule has 0 aliphatic rings. The second-order valence-electron chi connectivity index (χ2n) is 4.29. The smallest absolute Gasteiger partial charge is 0.219 e. The second kappa shape index (κ2) is 6.32. The van der Waals surface area contributed by atoms with Crippen LogP contribution in [0.1, 0.15) is 12.7 Å². The van der Waals surface area contributed by atoms with E-state index >= 15 is 0 Å². The zero-order chi connectivity index (χ0) is 14.5. The number of pyridine rings is 1. The van der Waals surface area contributed by atoms with E-state index < -0.39 is 0 Å². The number of aromatic nitrogens is 3. The van der Waals surface area contributed by atoms with Crippen LogP contribution >= 0.6 is 11.5 Å². The molecule has 2 heterocycles. The van der Waals surface area contributed by atoms with Gasteiger partial charge in [0.1, 0.15) is 11.6 Å². The van der Waals surface area contributed by atoms with Crippen molar-refractivity contribution in [3.05, 3.63) is 54.5 Å². The molecular weight excluding hydrogens is 284 g/mol. The summed E-state index contributed by atoms with van der Waals surface area (Å²) in [5.74, 6) is 2.14. The molecule has 21 heavy (non-hydrogen) atoms. The molecule has 0 saturated carbocycles. The first-order valence-corrected chi connectivity index (χ1v) is 7.39. The first-order valence-electron chi connectivity index (χ1n) is 6.62. The fourth-order valence-electron chi connectivity index (χ4n) is 1.74. The summed E-state index contributed by atoms with van der Waals surface area (Å²) in [6.07, 6.45) is 2.53. The highest BCUT2D eigenvalue weighted by Gasteiger charge is 2.04. The third kappa shape index (κ3) is 3.55. The van der Waals surface area contributed by atoms with Gasteiger partial charge in [-0.3, -0.25) is 0 Å². The van der Waals surface area contributed by atoms with Gasteiger partial charge in [-0.1, -0.05) is 19.1 Å². The first kappa shape index (κ1) is 13.5. The van der Waals surface area contributed by atoms with Crippen LogP contribution in [0.5, 0.6) is 11.6 Å². The molecule has 0 aliphatic heterocycles. The molecule has 0 saturated heterocycles. The van der Waals surface area contributed by atoms with Gasteiger partial charge in [-0.15, -0.1) is 0 Å². The monoisotopic (exact) mass is 298 g/mol. The van der Waals surface area contributed by atoms with Crippen molar-refractivity contribution >= 4 is 22.4 Å². The fourth-order valence-corrected chi connectivity index (χ4v) is 2.41. The molecule has 0 bridgehead atoms. The quantitative estimate of drug-likeness (QED) is 0.770. The van der Waals surface area contributed by atoms with E-state index in [1.807, 2.05) is 49.4 Å². The topological polar surface area (TPSA) is 59.9 Å². The number of nitrogens with one attached hydrogen (secondary N) is 1. The molecule has 106 valence electrons. The van der Waals surface area contributed by atoms with Crippen molar-refractivity contribution in [2.45, 2.75) is 13.3 Å². The molecule has 0 amide bonds. The number of hydrogen-bond acceptors (Lipinski definition) is 6. The molecule has 0 unspecified atom stereocenters. The molecule has 5 nitrogen and oxygen atoms in total. The minimum atomic E-state index is 0.568. The Morgan fingerprint density at radius 1 is 1.19 bits per heavy atom. The number of hydrogen-bond donors (Lipinski definition) is 1. The van der Waals surface area contributed by atoms with Crippen LogP contribution in [0, 0.1) is 0 Å². The molecule has 3 aromatic rings. The van der Waals surface area contributed by atoms with Crippen molar-refractivity contribution in [1.82, 2.24) is 14.3 Å². The van der Waals surface area contributed by atoms with Gasteiger partial charge in [0, 0.05) is 42.0 Å². The zero-order valence-corrected chi connectivity index (χ0v) is 12.3. The van der Waals surface area contributed by atoms with E-state index in [0.29, 0.717) is 5.88 Å². The van der Waals surface area contributed by atoms with Gasteiger partial charge in [0.05, 0.1) is 0 Å². The van der Waals surface area contributed by atoms with Crippen LogP contribution in [0.25, 0.3) is 0 Å². The lowest BCUT2D eigenvalue weighted by Gasteiger charge is -2.07. The predicted octanol–water partition coefficient (Wildman–Crippen LogP) is 4.03. The van der Waals surface area contributed by atoms with E-state index in [2.05, 4.69) is 19.7 Å². The largest absolute Gasteiger partial charge is 0.439 e. The summed E-state index contributed by atoms with van der Waals surface area (Å²) in [6.45, 7) is 2.03. The normalized spacial score (nSPS) is 10.3. The van der Waals surface area contributed by atoms with Crippen LogP contribution in [0.4, 0.5) is 10.8 Å². The molecule has 0 radical (unpaired) electrons. The van der Waals surface area contributed by atoms with Gasteiger partial charge in [0.2, 0.25) is 11.0 Å². The van der Waals surface area contributed by atoms with Crippen molar-refractivity contribution < 1.29 is 4.74 Å². The molecule has 1 N–H and O–H groups in total. The SMILES string of the molecule is CCc1nsc(Nc2cccc(Oc3ccccn3)c2)n1. The fraction of sp³-hybridized carbons (Fsp3) is 0.133. The van der Waals surface area contributed by atoms with Gasteiger partial charge in [-0.25, -0.2) is 9.97 Å². The molecule has 2 aromatic heterocycles. The Labute approximate surface area is 126 Å². The number of aryl methyl sites for hydroxylation is 1. The van der Waals surface area contributed by atoms with E-state index in [-0.39, 0.29) is 0 Å². The first-order chi connectivity index (χ1) is 10.3. The Hall–Kier alpha value is -2.47. The van der Waals surface area contributed by atoms with Crippen LogP contribution in [-0.4, -0.2) is 14.3 Å². The Morgan fingerprint density at radius 3 is 2.90 bits per heavy atom. The molecule has 6 heteroatoms. The van der Waals surface area contributed by atoms with E-state index in [1.165, 1.54) is 11.5 Å². The lowest BCUT2D eigenvalue weighted by molar-refractivity contribution is 0.463. The van der Waals surface area contributed by atoms with Crippen LogP contribution in [-0.2, 0) is 6.42 Å². The summed E-state index contributed by atoms with van der Waals surface area (Å²) in [4.78, 5) is 8.52. The minimum absolute atomic E-state index is 0.568. The van der Waals surface area contributed by atoms with E-state index in [9.17, 15) is 0 Å². The summed E-state index contributed by atoms with van der Waals surface area (Å²) in [5.41, 5.74) is 0.905. The van der Waals surface area contributed by atoms with Gasteiger partial charge in [-0.2, -0.15) is 4.37 Å². The number of ether oxygens (including phenoxy) is 1. The molecule has 0 fully saturated rings. The Morgan fingerprint density at radius 2 is 2.14 bits per heavy atom. The van der Waals surface area contributed by atoms with Crippen molar-refractivity contribution in [2.24, 2.45) is 0 Å². The number of rotatable bonds is 5. The van der Waals surface area contributed by atoms with Crippen molar-refractivity contribution in [3.63, 3.8) is 0 Å². The maximum absolute atomic E-state index is 5.70. The minimum Gasteiger partial charge on any atom is -0.439 e. The zero-order valence-electron chi connectivity index (χ0n) is 11.5. The van der Waals surface area contributed by atoms with Crippen molar-refractivity contribution in [3.8, 4) is 11.6 Å². The molecule has 0 spiro atoms. The Bertz CT molecular complexity index is 714. The summed E-state index contributed by atoms with van der Waals surface area (Å²) in [5, 5.41) is 4.01. The lowest BCUT2D eigenvalue weighted by atomic mass is 10.3. The average Bonchev–Trinajstić information content (AvgIpc) is 2.96. The van der Waals surface area contributed by atoms with Gasteiger partial charge >= 0.3 is 0 Å². The van der Waals surface area contributed by atoms with Gasteiger partial charge in [-0.05, 0) is 18.2 Å². The number of benzene rings is 1. The van der Waals surface area contributed by atoms with Crippen LogP contribution in [0.3, 0.4) is 0 Å². The molecule has 1 aromatic carbocycles. The van der Waals surface area contributed by atoms with Crippen molar-refractivity contribution in [1.29, 1.82) is 0 Å². The Kier molecular flexibility index (Phi) is 4.07.